The minimum atomic E-state index is -0.277. The molecule has 2 saturated carbocycles. The Hall–Kier alpha value is -2.12. The molecule has 0 aliphatic heterocycles. The van der Waals surface area contributed by atoms with Crippen molar-refractivity contribution < 1.29 is 38.1 Å². The fraction of sp³-hybridized carbons (Fsp3) is 0.778. The normalized spacial score (nSPS) is 25.1. The molecule has 0 N–H and O–H groups in total. The van der Waals surface area contributed by atoms with Gasteiger partial charge in [-0.05, 0) is 40.5 Å². The lowest BCUT2D eigenvalue weighted by atomic mass is 10.3. The van der Waals surface area contributed by atoms with E-state index >= 15 is 0 Å². The van der Waals surface area contributed by atoms with Crippen molar-refractivity contribution in [2.45, 2.75) is 40.5 Å². The van der Waals surface area contributed by atoms with Crippen molar-refractivity contribution in [2.75, 3.05) is 26.4 Å². The highest BCUT2D eigenvalue weighted by Gasteiger charge is 2.50. The molecule has 8 heteroatoms. The highest BCUT2D eigenvalue weighted by atomic mass is 16.5. The standard InChI is InChI=1S/2C9H14O4/c2*1-3-12-8(10)6-5-7(6)9(11)13-4-2/h2*6-7H,3-5H2,1-2H3/t2*6-,7+. The lowest BCUT2D eigenvalue weighted by Gasteiger charge is -2.00. The van der Waals surface area contributed by atoms with Gasteiger partial charge in [0.05, 0.1) is 50.1 Å². The Morgan fingerprint density at radius 2 is 0.731 bits per heavy atom. The number of hydrogen-bond acceptors (Lipinski definition) is 8. The molecule has 148 valence electrons. The van der Waals surface area contributed by atoms with Crippen LogP contribution in [0.25, 0.3) is 0 Å². The summed E-state index contributed by atoms with van der Waals surface area (Å²) in [5.74, 6) is -2.11. The number of hydrogen-bond donors (Lipinski definition) is 0. The molecule has 8 nitrogen and oxygen atoms in total. The molecule has 2 aliphatic rings. The van der Waals surface area contributed by atoms with Crippen LogP contribution < -0.4 is 0 Å². The molecule has 2 fully saturated rings. The maximum absolute atomic E-state index is 11.1. The van der Waals surface area contributed by atoms with Crippen molar-refractivity contribution in [3.8, 4) is 0 Å². The van der Waals surface area contributed by atoms with E-state index in [1.54, 1.807) is 27.7 Å². The van der Waals surface area contributed by atoms with Crippen LogP contribution in [0.1, 0.15) is 40.5 Å². The Labute approximate surface area is 153 Å². The van der Waals surface area contributed by atoms with Crippen molar-refractivity contribution >= 4 is 23.9 Å². The summed E-state index contributed by atoms with van der Waals surface area (Å²) in [4.78, 5) is 44.4. The summed E-state index contributed by atoms with van der Waals surface area (Å²) in [5.41, 5.74) is 0. The van der Waals surface area contributed by atoms with Gasteiger partial charge in [0.25, 0.3) is 0 Å². The van der Waals surface area contributed by atoms with Crippen molar-refractivity contribution in [1.29, 1.82) is 0 Å². The lowest BCUT2D eigenvalue weighted by molar-refractivity contribution is -0.150. The Balaban J connectivity index is 0.000000260. The predicted molar refractivity (Wildman–Crippen MR) is 89.7 cm³/mol. The summed E-state index contributed by atoms with van der Waals surface area (Å²) >= 11 is 0. The maximum atomic E-state index is 11.1. The second-order valence-electron chi connectivity index (χ2n) is 5.91. The minimum Gasteiger partial charge on any atom is -0.466 e. The maximum Gasteiger partial charge on any atom is 0.309 e. The smallest absolute Gasteiger partial charge is 0.309 e. The molecule has 0 spiro atoms. The van der Waals surface area contributed by atoms with E-state index in [9.17, 15) is 19.2 Å². The molecule has 0 aromatic heterocycles. The Morgan fingerprint density at radius 3 is 0.885 bits per heavy atom. The van der Waals surface area contributed by atoms with Crippen LogP contribution in [-0.2, 0) is 38.1 Å². The first-order valence-electron chi connectivity index (χ1n) is 9.07. The largest absolute Gasteiger partial charge is 0.466 e. The molecule has 0 bridgehead atoms. The van der Waals surface area contributed by atoms with E-state index in [1.807, 2.05) is 0 Å². The molecule has 0 unspecified atom stereocenters. The third-order valence-electron chi connectivity index (χ3n) is 3.94. The van der Waals surface area contributed by atoms with Crippen LogP contribution >= 0.6 is 0 Å². The highest BCUT2D eigenvalue weighted by molar-refractivity contribution is 5.87. The Morgan fingerprint density at radius 1 is 0.538 bits per heavy atom. The van der Waals surface area contributed by atoms with E-state index < -0.39 is 0 Å². The van der Waals surface area contributed by atoms with Gasteiger partial charge in [0.15, 0.2) is 0 Å². The molecule has 2 rings (SSSR count). The Bertz CT molecular complexity index is 425. The van der Waals surface area contributed by atoms with Crippen molar-refractivity contribution in [3.63, 3.8) is 0 Å². The molecule has 0 saturated heterocycles. The van der Waals surface area contributed by atoms with E-state index in [4.69, 9.17) is 18.9 Å². The molecule has 0 amide bonds. The summed E-state index contributed by atoms with van der Waals surface area (Å²) < 4.78 is 19.1. The summed E-state index contributed by atoms with van der Waals surface area (Å²) in [7, 11) is 0. The second-order valence-corrected chi connectivity index (χ2v) is 5.91. The summed E-state index contributed by atoms with van der Waals surface area (Å²) in [6.07, 6.45) is 1.16. The van der Waals surface area contributed by atoms with E-state index in [0.717, 1.165) is 0 Å². The van der Waals surface area contributed by atoms with Gasteiger partial charge < -0.3 is 18.9 Å². The zero-order valence-electron chi connectivity index (χ0n) is 15.8. The third kappa shape index (κ3) is 6.65. The third-order valence-corrected chi connectivity index (χ3v) is 3.94. The zero-order chi connectivity index (χ0) is 19.7. The van der Waals surface area contributed by atoms with Crippen LogP contribution in [0.2, 0.25) is 0 Å². The molecule has 0 heterocycles. The fourth-order valence-corrected chi connectivity index (χ4v) is 2.43. The van der Waals surface area contributed by atoms with Crippen LogP contribution in [0.4, 0.5) is 0 Å². The molecule has 2 aliphatic carbocycles. The zero-order valence-corrected chi connectivity index (χ0v) is 15.8. The van der Waals surface area contributed by atoms with Gasteiger partial charge in [0, 0.05) is 0 Å². The quantitative estimate of drug-likeness (QED) is 0.466. The van der Waals surface area contributed by atoms with E-state index in [-0.39, 0.29) is 47.5 Å². The van der Waals surface area contributed by atoms with Crippen molar-refractivity contribution in [1.82, 2.24) is 0 Å². The second kappa shape index (κ2) is 10.8. The van der Waals surface area contributed by atoms with Gasteiger partial charge in [-0.15, -0.1) is 0 Å². The van der Waals surface area contributed by atoms with Crippen LogP contribution in [0.15, 0.2) is 0 Å². The number of carbonyl (C=O) groups excluding carboxylic acids is 4. The number of esters is 4. The van der Waals surface area contributed by atoms with Gasteiger partial charge in [0.1, 0.15) is 0 Å². The highest BCUT2D eigenvalue weighted by Crippen LogP contribution is 2.41. The summed E-state index contributed by atoms with van der Waals surface area (Å²) in [6.45, 7) is 8.46. The monoisotopic (exact) mass is 372 g/mol. The topological polar surface area (TPSA) is 105 Å². The van der Waals surface area contributed by atoms with Gasteiger partial charge >= 0.3 is 23.9 Å². The van der Waals surface area contributed by atoms with Crippen molar-refractivity contribution in [3.05, 3.63) is 0 Å². The summed E-state index contributed by atoms with van der Waals surface area (Å²) in [6, 6.07) is 0. The number of rotatable bonds is 8. The Kier molecular flexibility index (Phi) is 9.09. The van der Waals surface area contributed by atoms with Crippen LogP contribution in [-0.4, -0.2) is 50.3 Å². The molecule has 4 atom stereocenters. The molecule has 26 heavy (non-hydrogen) atoms. The minimum absolute atomic E-state index is 0.251. The molecule has 0 radical (unpaired) electrons. The van der Waals surface area contributed by atoms with Gasteiger partial charge in [-0.3, -0.25) is 19.2 Å². The van der Waals surface area contributed by atoms with Gasteiger partial charge in [0.2, 0.25) is 0 Å². The predicted octanol–water partition coefficient (Wildman–Crippen LogP) is 1.50. The van der Waals surface area contributed by atoms with Crippen LogP contribution in [0.5, 0.6) is 0 Å². The lowest BCUT2D eigenvalue weighted by Crippen LogP contribution is -2.13. The average molecular weight is 372 g/mol. The van der Waals surface area contributed by atoms with Crippen LogP contribution in [0.3, 0.4) is 0 Å². The van der Waals surface area contributed by atoms with Crippen molar-refractivity contribution in [2.24, 2.45) is 23.7 Å². The first-order valence-corrected chi connectivity index (χ1v) is 9.07. The average Bonchev–Trinajstić information content (AvgIpc) is 3.49. The van der Waals surface area contributed by atoms with Gasteiger partial charge in [-0.2, -0.15) is 0 Å². The molecular formula is C18H28O8. The van der Waals surface area contributed by atoms with Gasteiger partial charge in [-0.1, -0.05) is 0 Å². The molecular weight excluding hydrogens is 344 g/mol. The van der Waals surface area contributed by atoms with Crippen LogP contribution in [0, 0.1) is 23.7 Å². The number of ether oxygens (including phenoxy) is 4. The molecule has 0 aromatic rings. The fourth-order valence-electron chi connectivity index (χ4n) is 2.43. The molecule has 0 aromatic carbocycles. The first-order chi connectivity index (χ1) is 12.4. The first kappa shape index (κ1) is 21.9. The number of carbonyl (C=O) groups is 4. The van der Waals surface area contributed by atoms with E-state index in [1.165, 1.54) is 0 Å². The van der Waals surface area contributed by atoms with E-state index in [2.05, 4.69) is 0 Å². The summed E-state index contributed by atoms with van der Waals surface area (Å²) in [5, 5.41) is 0. The van der Waals surface area contributed by atoms with Gasteiger partial charge in [-0.25, -0.2) is 0 Å². The SMILES string of the molecule is CCOC(=O)[C@H]1C[C@H]1C(=O)OCC.CCOC(=O)[C@H]1C[C@H]1C(=O)OCC. The van der Waals surface area contributed by atoms with E-state index in [0.29, 0.717) is 39.3 Å².